The van der Waals surface area contributed by atoms with E-state index in [-0.39, 0.29) is 24.9 Å². The highest BCUT2D eigenvalue weighted by atomic mass is 32.2. The molecule has 0 radical (unpaired) electrons. The molecule has 0 aliphatic rings. The lowest BCUT2D eigenvalue weighted by Crippen LogP contribution is -2.33. The summed E-state index contributed by atoms with van der Waals surface area (Å²) in [4.78, 5) is 12.9. The molecule has 1 amide bonds. The van der Waals surface area contributed by atoms with E-state index in [1.165, 1.54) is 16.1 Å². The maximum atomic E-state index is 12.9. The van der Waals surface area contributed by atoms with E-state index in [0.29, 0.717) is 12.1 Å². The number of benzene rings is 3. The maximum Gasteiger partial charge on any atom is 0.232 e. The molecule has 0 spiro atoms. The Balaban J connectivity index is 1.73. The van der Waals surface area contributed by atoms with Crippen molar-refractivity contribution in [3.63, 3.8) is 0 Å². The summed E-state index contributed by atoms with van der Waals surface area (Å²) in [5.74, 6) is -0.109. The van der Waals surface area contributed by atoms with E-state index >= 15 is 0 Å². The van der Waals surface area contributed by atoms with Gasteiger partial charge in [0.2, 0.25) is 15.9 Å². The Morgan fingerprint density at radius 1 is 0.909 bits per heavy atom. The van der Waals surface area contributed by atoms with Gasteiger partial charge >= 0.3 is 0 Å². The number of hydrogen-bond donors (Lipinski definition) is 1. The van der Waals surface area contributed by atoms with Crippen molar-refractivity contribution in [3.8, 4) is 0 Å². The molecule has 33 heavy (non-hydrogen) atoms. The van der Waals surface area contributed by atoms with Gasteiger partial charge in [-0.1, -0.05) is 72.3 Å². The van der Waals surface area contributed by atoms with E-state index in [4.69, 9.17) is 0 Å². The number of aryl methyl sites for hydroxylation is 3. The van der Waals surface area contributed by atoms with Gasteiger partial charge in [0.1, 0.15) is 0 Å². The molecular formula is C27H32N2O3S. The van der Waals surface area contributed by atoms with Crippen molar-refractivity contribution in [2.75, 3.05) is 17.1 Å². The smallest absolute Gasteiger partial charge is 0.232 e. The fourth-order valence-electron chi connectivity index (χ4n) is 4.06. The number of anilines is 1. The molecule has 0 saturated carbocycles. The normalized spacial score (nSPS) is 12.2. The van der Waals surface area contributed by atoms with Crippen molar-refractivity contribution < 1.29 is 13.2 Å². The molecule has 1 atom stereocenters. The Labute approximate surface area is 197 Å². The van der Waals surface area contributed by atoms with Crippen LogP contribution in [0.5, 0.6) is 0 Å². The van der Waals surface area contributed by atoms with Gasteiger partial charge in [0.05, 0.1) is 18.0 Å². The summed E-state index contributed by atoms with van der Waals surface area (Å²) in [5.41, 5.74) is 5.89. The standard InChI is InChI=1S/C27H32N2O3S/c1-20-16-17-24(22(3)19-20)27(23-12-6-5-7-13-23)28-26(30)15-10-18-29(33(4,31)32)25-14-9-8-11-21(25)2/h5-9,11-14,16-17,19,27H,10,15,18H2,1-4H3,(H,28,30)/t27-/m1/s1. The molecular weight excluding hydrogens is 432 g/mol. The van der Waals surface area contributed by atoms with E-state index in [1.54, 1.807) is 6.07 Å². The molecule has 3 aromatic rings. The Morgan fingerprint density at radius 2 is 1.58 bits per heavy atom. The summed E-state index contributed by atoms with van der Waals surface area (Å²) in [6, 6.07) is 23.2. The number of sulfonamides is 1. The number of amides is 1. The second-order valence-electron chi connectivity index (χ2n) is 8.50. The molecule has 0 fully saturated rings. The van der Waals surface area contributed by atoms with Crippen LogP contribution in [0.3, 0.4) is 0 Å². The molecule has 0 saturated heterocycles. The molecule has 0 unspecified atom stereocenters. The van der Waals surface area contributed by atoms with Crippen molar-refractivity contribution in [2.45, 2.75) is 39.7 Å². The molecule has 0 aliphatic heterocycles. The molecule has 0 heterocycles. The summed E-state index contributed by atoms with van der Waals surface area (Å²) in [5, 5.41) is 3.17. The van der Waals surface area contributed by atoms with Crippen molar-refractivity contribution >= 4 is 21.6 Å². The van der Waals surface area contributed by atoms with Gasteiger partial charge in [-0.05, 0) is 55.5 Å². The van der Waals surface area contributed by atoms with Gasteiger partial charge in [-0.15, -0.1) is 0 Å². The maximum absolute atomic E-state index is 12.9. The Bertz CT molecular complexity index is 1210. The number of para-hydroxylation sites is 1. The minimum absolute atomic E-state index is 0.109. The van der Waals surface area contributed by atoms with Gasteiger partial charge in [-0.2, -0.15) is 0 Å². The second-order valence-corrected chi connectivity index (χ2v) is 10.4. The van der Waals surface area contributed by atoms with Crippen LogP contribution in [0.25, 0.3) is 0 Å². The quantitative estimate of drug-likeness (QED) is 0.481. The first-order chi connectivity index (χ1) is 15.7. The van der Waals surface area contributed by atoms with E-state index in [0.717, 1.165) is 22.3 Å². The zero-order chi connectivity index (χ0) is 24.0. The summed E-state index contributed by atoms with van der Waals surface area (Å²) in [7, 11) is -3.46. The van der Waals surface area contributed by atoms with Crippen LogP contribution in [0.15, 0.2) is 72.8 Å². The van der Waals surface area contributed by atoms with Gasteiger partial charge in [0.25, 0.3) is 0 Å². The third kappa shape index (κ3) is 6.45. The zero-order valence-corrected chi connectivity index (χ0v) is 20.5. The predicted octanol–water partition coefficient (Wildman–Crippen LogP) is 5.06. The van der Waals surface area contributed by atoms with Gasteiger partial charge in [-0.25, -0.2) is 8.42 Å². The van der Waals surface area contributed by atoms with Crippen molar-refractivity contribution in [1.82, 2.24) is 5.32 Å². The Hall–Kier alpha value is -3.12. The number of nitrogens with one attached hydrogen (secondary N) is 1. The SMILES string of the molecule is Cc1ccc([C@H](NC(=O)CCCN(c2ccccc2C)S(C)(=O)=O)c2ccccc2)c(C)c1. The van der Waals surface area contributed by atoms with Crippen LogP contribution in [-0.2, 0) is 14.8 Å². The minimum atomic E-state index is -3.46. The van der Waals surface area contributed by atoms with E-state index in [1.807, 2.05) is 55.5 Å². The molecule has 6 heteroatoms. The van der Waals surface area contributed by atoms with E-state index in [2.05, 4.69) is 37.4 Å². The fraction of sp³-hybridized carbons (Fsp3) is 0.296. The summed E-state index contributed by atoms with van der Waals surface area (Å²) < 4.78 is 26.2. The lowest BCUT2D eigenvalue weighted by molar-refractivity contribution is -0.121. The minimum Gasteiger partial charge on any atom is -0.345 e. The third-order valence-electron chi connectivity index (χ3n) is 5.72. The molecule has 3 aromatic carbocycles. The fourth-order valence-corrected chi connectivity index (χ4v) is 5.08. The number of carbonyl (C=O) groups is 1. The Kier molecular flexibility index (Phi) is 7.92. The van der Waals surface area contributed by atoms with Crippen molar-refractivity contribution in [1.29, 1.82) is 0 Å². The lowest BCUT2D eigenvalue weighted by Gasteiger charge is -2.25. The molecule has 3 rings (SSSR count). The van der Waals surface area contributed by atoms with E-state index < -0.39 is 10.0 Å². The zero-order valence-electron chi connectivity index (χ0n) is 19.7. The number of rotatable bonds is 9. The molecule has 5 nitrogen and oxygen atoms in total. The van der Waals surface area contributed by atoms with Gasteiger partial charge < -0.3 is 5.32 Å². The van der Waals surface area contributed by atoms with Crippen molar-refractivity contribution in [3.05, 3.63) is 101 Å². The van der Waals surface area contributed by atoms with Crippen LogP contribution in [0.4, 0.5) is 5.69 Å². The molecule has 0 aromatic heterocycles. The average molecular weight is 465 g/mol. The highest BCUT2D eigenvalue weighted by Gasteiger charge is 2.21. The third-order valence-corrected chi connectivity index (χ3v) is 6.90. The van der Waals surface area contributed by atoms with Crippen LogP contribution in [0.2, 0.25) is 0 Å². The molecule has 0 bridgehead atoms. The molecule has 0 aliphatic carbocycles. The van der Waals surface area contributed by atoms with Gasteiger partial charge in [0, 0.05) is 13.0 Å². The highest BCUT2D eigenvalue weighted by Crippen LogP contribution is 2.26. The first-order valence-corrected chi connectivity index (χ1v) is 13.0. The lowest BCUT2D eigenvalue weighted by atomic mass is 9.93. The van der Waals surface area contributed by atoms with Crippen molar-refractivity contribution in [2.24, 2.45) is 0 Å². The average Bonchev–Trinajstić information content (AvgIpc) is 2.76. The Morgan fingerprint density at radius 3 is 2.21 bits per heavy atom. The second kappa shape index (κ2) is 10.7. The summed E-state index contributed by atoms with van der Waals surface area (Å²) in [6.45, 7) is 6.23. The number of nitrogens with zero attached hydrogens (tertiary/aromatic N) is 1. The summed E-state index contributed by atoms with van der Waals surface area (Å²) >= 11 is 0. The highest BCUT2D eigenvalue weighted by molar-refractivity contribution is 7.92. The number of carbonyl (C=O) groups excluding carboxylic acids is 1. The van der Waals surface area contributed by atoms with Crippen LogP contribution in [0, 0.1) is 20.8 Å². The predicted molar refractivity (Wildman–Crippen MR) is 135 cm³/mol. The largest absolute Gasteiger partial charge is 0.345 e. The molecule has 1 N–H and O–H groups in total. The summed E-state index contributed by atoms with van der Waals surface area (Å²) in [6.07, 6.45) is 1.85. The van der Waals surface area contributed by atoms with Crippen LogP contribution in [0.1, 0.15) is 46.7 Å². The number of hydrogen-bond acceptors (Lipinski definition) is 3. The van der Waals surface area contributed by atoms with Crippen LogP contribution < -0.4 is 9.62 Å². The monoisotopic (exact) mass is 464 g/mol. The first-order valence-electron chi connectivity index (χ1n) is 11.1. The first kappa shape index (κ1) is 24.5. The van der Waals surface area contributed by atoms with Gasteiger partial charge in [-0.3, -0.25) is 9.10 Å². The van der Waals surface area contributed by atoms with Crippen LogP contribution in [-0.4, -0.2) is 27.1 Å². The van der Waals surface area contributed by atoms with Gasteiger partial charge in [0.15, 0.2) is 0 Å². The molecule has 174 valence electrons. The topological polar surface area (TPSA) is 66.5 Å². The van der Waals surface area contributed by atoms with E-state index in [9.17, 15) is 13.2 Å². The van der Waals surface area contributed by atoms with Crippen LogP contribution >= 0.6 is 0 Å².